The fourth-order valence-electron chi connectivity index (χ4n) is 1.73. The fourth-order valence-corrected chi connectivity index (χ4v) is 2.43. The molecule has 0 radical (unpaired) electrons. The highest BCUT2D eigenvalue weighted by Crippen LogP contribution is 2.20. The number of benzene rings is 2. The zero-order valence-corrected chi connectivity index (χ0v) is 12.8. The van der Waals surface area contributed by atoms with E-state index in [1.165, 1.54) is 0 Å². The minimum absolute atomic E-state index is 0.0567. The van der Waals surface area contributed by atoms with Crippen molar-refractivity contribution in [1.29, 1.82) is 0 Å². The van der Waals surface area contributed by atoms with Crippen molar-refractivity contribution < 1.29 is 4.79 Å². The van der Waals surface area contributed by atoms with Crippen LogP contribution in [0.1, 0.15) is 21.5 Å². The predicted octanol–water partition coefficient (Wildman–Crippen LogP) is 4.68. The molecule has 0 saturated heterocycles. The average Bonchev–Trinajstić information content (AvgIpc) is 2.32. The van der Waals surface area contributed by atoms with Crippen LogP contribution in [0.2, 0.25) is 5.02 Å². The van der Waals surface area contributed by atoms with Gasteiger partial charge in [0.05, 0.1) is 5.02 Å². The molecule has 2 aromatic carbocycles. The van der Waals surface area contributed by atoms with Crippen molar-refractivity contribution in [3.8, 4) is 0 Å². The third-order valence-electron chi connectivity index (χ3n) is 2.70. The number of Topliss-reactive ketones (excluding diaryl/α,β-unsaturated/α-hetero) is 1. The zero-order valence-electron chi connectivity index (χ0n) is 9.91. The molecule has 0 aliphatic rings. The molecule has 1 nitrogen and oxygen atoms in total. The van der Waals surface area contributed by atoms with Gasteiger partial charge in [0.2, 0.25) is 0 Å². The largest absolute Gasteiger partial charge is 0.294 e. The van der Waals surface area contributed by atoms with Gasteiger partial charge < -0.3 is 0 Å². The Hall–Kier alpha value is -0.870. The maximum atomic E-state index is 12.1. The normalized spacial score (nSPS) is 10.4. The molecule has 0 heterocycles. The number of hydrogen-bond donors (Lipinski definition) is 0. The SMILES string of the molecule is Cc1ccc(C(=O)Cc2ccc(I)cc2)c(Cl)c1. The number of aryl methyl sites for hydroxylation is 1. The average molecular weight is 371 g/mol. The van der Waals surface area contributed by atoms with Crippen LogP contribution in [-0.2, 0) is 6.42 Å². The Labute approximate surface area is 125 Å². The molecule has 0 saturated carbocycles. The van der Waals surface area contributed by atoms with Gasteiger partial charge in [-0.3, -0.25) is 4.79 Å². The first kappa shape index (κ1) is 13.6. The van der Waals surface area contributed by atoms with Gasteiger partial charge in [-0.05, 0) is 64.9 Å². The molecular weight excluding hydrogens is 359 g/mol. The lowest BCUT2D eigenvalue weighted by Gasteiger charge is -2.05. The lowest BCUT2D eigenvalue weighted by atomic mass is 10.0. The minimum Gasteiger partial charge on any atom is -0.294 e. The van der Waals surface area contributed by atoms with Gasteiger partial charge >= 0.3 is 0 Å². The van der Waals surface area contributed by atoms with E-state index < -0.39 is 0 Å². The standard InChI is InChI=1S/C15H12ClIO/c1-10-2-7-13(14(16)8-10)15(18)9-11-3-5-12(17)6-4-11/h2-8H,9H2,1H3. The van der Waals surface area contributed by atoms with E-state index in [9.17, 15) is 4.79 Å². The number of hydrogen-bond acceptors (Lipinski definition) is 1. The molecule has 0 aliphatic carbocycles. The van der Waals surface area contributed by atoms with Crippen molar-refractivity contribution >= 4 is 40.0 Å². The molecule has 92 valence electrons. The van der Waals surface area contributed by atoms with Gasteiger partial charge in [0.25, 0.3) is 0 Å². The summed E-state index contributed by atoms with van der Waals surface area (Å²) in [6.45, 7) is 1.96. The van der Waals surface area contributed by atoms with E-state index in [0.29, 0.717) is 17.0 Å². The minimum atomic E-state index is 0.0567. The fraction of sp³-hybridized carbons (Fsp3) is 0.133. The Balaban J connectivity index is 2.19. The van der Waals surface area contributed by atoms with E-state index >= 15 is 0 Å². The third kappa shape index (κ3) is 3.33. The maximum absolute atomic E-state index is 12.1. The van der Waals surface area contributed by atoms with Gasteiger partial charge in [-0.15, -0.1) is 0 Å². The van der Waals surface area contributed by atoms with Crippen LogP contribution in [0.3, 0.4) is 0 Å². The molecule has 0 spiro atoms. The number of carbonyl (C=O) groups is 1. The molecule has 0 atom stereocenters. The van der Waals surface area contributed by atoms with Crippen LogP contribution >= 0.6 is 34.2 Å². The van der Waals surface area contributed by atoms with Crippen molar-refractivity contribution in [3.63, 3.8) is 0 Å². The van der Waals surface area contributed by atoms with Crippen LogP contribution in [0, 0.1) is 10.5 Å². The van der Waals surface area contributed by atoms with E-state index in [2.05, 4.69) is 22.6 Å². The monoisotopic (exact) mass is 370 g/mol. The van der Waals surface area contributed by atoms with Crippen LogP contribution in [-0.4, -0.2) is 5.78 Å². The highest BCUT2D eigenvalue weighted by molar-refractivity contribution is 14.1. The van der Waals surface area contributed by atoms with Crippen molar-refractivity contribution in [3.05, 3.63) is 67.7 Å². The molecule has 0 aromatic heterocycles. The van der Waals surface area contributed by atoms with Crippen LogP contribution in [0.15, 0.2) is 42.5 Å². The lowest BCUT2D eigenvalue weighted by Crippen LogP contribution is -2.04. The van der Waals surface area contributed by atoms with Gasteiger partial charge in [0, 0.05) is 15.6 Å². The quantitative estimate of drug-likeness (QED) is 0.566. The molecule has 0 amide bonds. The molecule has 2 aromatic rings. The summed E-state index contributed by atoms with van der Waals surface area (Å²) in [7, 11) is 0. The van der Waals surface area contributed by atoms with Gasteiger partial charge in [0.1, 0.15) is 0 Å². The zero-order chi connectivity index (χ0) is 13.1. The summed E-state index contributed by atoms with van der Waals surface area (Å²) in [5.41, 5.74) is 2.67. The highest BCUT2D eigenvalue weighted by atomic mass is 127. The Kier molecular flexibility index (Phi) is 4.40. The van der Waals surface area contributed by atoms with E-state index in [1.807, 2.05) is 43.3 Å². The second-order valence-electron chi connectivity index (χ2n) is 4.21. The third-order valence-corrected chi connectivity index (χ3v) is 3.73. The van der Waals surface area contributed by atoms with Gasteiger partial charge in [-0.2, -0.15) is 0 Å². The van der Waals surface area contributed by atoms with E-state index in [4.69, 9.17) is 11.6 Å². The smallest absolute Gasteiger partial charge is 0.168 e. The summed E-state index contributed by atoms with van der Waals surface area (Å²) in [6.07, 6.45) is 0.389. The van der Waals surface area contributed by atoms with Crippen LogP contribution in [0.5, 0.6) is 0 Å². The first-order chi connectivity index (χ1) is 8.56. The second-order valence-corrected chi connectivity index (χ2v) is 5.86. The van der Waals surface area contributed by atoms with Crippen LogP contribution < -0.4 is 0 Å². The van der Waals surface area contributed by atoms with E-state index in [-0.39, 0.29) is 5.78 Å². The van der Waals surface area contributed by atoms with E-state index in [1.54, 1.807) is 6.07 Å². The van der Waals surface area contributed by atoms with Gasteiger partial charge in [-0.25, -0.2) is 0 Å². The van der Waals surface area contributed by atoms with Gasteiger partial charge in [-0.1, -0.05) is 29.8 Å². The predicted molar refractivity (Wildman–Crippen MR) is 83.4 cm³/mol. The number of carbonyl (C=O) groups excluding carboxylic acids is 1. The Bertz CT molecular complexity index is 576. The van der Waals surface area contributed by atoms with Crippen molar-refractivity contribution in [2.24, 2.45) is 0 Å². The highest BCUT2D eigenvalue weighted by Gasteiger charge is 2.11. The molecule has 0 unspecified atom stereocenters. The summed E-state index contributed by atoms with van der Waals surface area (Å²) < 4.78 is 1.16. The van der Waals surface area contributed by atoms with Crippen molar-refractivity contribution in [2.45, 2.75) is 13.3 Å². The Morgan fingerprint density at radius 3 is 2.44 bits per heavy atom. The summed E-state index contributed by atoms with van der Waals surface area (Å²) in [5, 5.41) is 0.533. The first-order valence-electron chi connectivity index (χ1n) is 5.60. The lowest BCUT2D eigenvalue weighted by molar-refractivity contribution is 0.0993. The van der Waals surface area contributed by atoms with Crippen molar-refractivity contribution in [1.82, 2.24) is 0 Å². The summed E-state index contributed by atoms with van der Waals surface area (Å²) >= 11 is 8.34. The summed E-state index contributed by atoms with van der Waals surface area (Å²) in [4.78, 5) is 12.1. The molecule has 0 fully saturated rings. The molecule has 0 aliphatic heterocycles. The molecule has 2 rings (SSSR count). The Morgan fingerprint density at radius 1 is 1.17 bits per heavy atom. The second kappa shape index (κ2) is 5.85. The van der Waals surface area contributed by atoms with Crippen molar-refractivity contribution in [2.75, 3.05) is 0 Å². The molecule has 3 heteroatoms. The summed E-state index contributed by atoms with van der Waals surface area (Å²) in [6, 6.07) is 13.5. The number of ketones is 1. The Morgan fingerprint density at radius 2 is 1.83 bits per heavy atom. The molecule has 18 heavy (non-hydrogen) atoms. The molecule has 0 N–H and O–H groups in total. The van der Waals surface area contributed by atoms with Gasteiger partial charge in [0.15, 0.2) is 5.78 Å². The molecular formula is C15H12ClIO. The van der Waals surface area contributed by atoms with Crippen LogP contribution in [0.25, 0.3) is 0 Å². The molecule has 0 bridgehead atoms. The summed E-state index contributed by atoms with van der Waals surface area (Å²) in [5.74, 6) is 0.0567. The topological polar surface area (TPSA) is 17.1 Å². The van der Waals surface area contributed by atoms with E-state index in [0.717, 1.165) is 14.7 Å². The first-order valence-corrected chi connectivity index (χ1v) is 7.06. The number of halogens is 2. The maximum Gasteiger partial charge on any atom is 0.168 e. The number of rotatable bonds is 3. The van der Waals surface area contributed by atoms with Crippen LogP contribution in [0.4, 0.5) is 0 Å².